The third-order valence-electron chi connectivity index (χ3n) is 5.49. The first-order valence-corrected chi connectivity index (χ1v) is 10.3. The van der Waals surface area contributed by atoms with Crippen LogP contribution in [0.5, 0.6) is 0 Å². The summed E-state index contributed by atoms with van der Waals surface area (Å²) >= 11 is 1.90. The van der Waals surface area contributed by atoms with Gasteiger partial charge in [-0.25, -0.2) is 0 Å². The summed E-state index contributed by atoms with van der Waals surface area (Å²) in [4.78, 5) is 11.0. The lowest BCUT2D eigenvalue weighted by Gasteiger charge is -2.28. The van der Waals surface area contributed by atoms with Gasteiger partial charge in [0.2, 0.25) is 0 Å². The molecule has 140 valence electrons. The van der Waals surface area contributed by atoms with E-state index in [4.69, 9.17) is 0 Å². The smallest absolute Gasteiger partial charge is 0.193 e. The van der Waals surface area contributed by atoms with Crippen molar-refractivity contribution in [3.63, 3.8) is 0 Å². The number of fused-ring (bicyclic) bond motifs is 1. The van der Waals surface area contributed by atoms with Crippen molar-refractivity contribution in [2.45, 2.75) is 25.3 Å². The van der Waals surface area contributed by atoms with Crippen LogP contribution in [0.15, 0.2) is 28.8 Å². The normalized spacial score (nSPS) is 21.2. The topological polar surface area (TPSA) is 48.7 Å². The second-order valence-electron chi connectivity index (χ2n) is 7.25. The van der Waals surface area contributed by atoms with Crippen LogP contribution in [-0.2, 0) is 20.0 Å². The molecule has 0 aromatic carbocycles. The number of rotatable bonds is 4. The molecule has 6 nitrogen and oxygen atoms in total. The third-order valence-corrected chi connectivity index (χ3v) is 6.52. The highest BCUT2D eigenvalue weighted by Crippen LogP contribution is 2.26. The molecular formula is C19H28N6S. The van der Waals surface area contributed by atoms with E-state index in [9.17, 15) is 0 Å². The van der Waals surface area contributed by atoms with Gasteiger partial charge in [-0.15, -0.1) is 11.3 Å². The van der Waals surface area contributed by atoms with Crippen LogP contribution in [0.1, 0.15) is 28.3 Å². The molecule has 0 amide bonds. The number of aliphatic imine (C=N–C) groups is 1. The monoisotopic (exact) mass is 372 g/mol. The Morgan fingerprint density at radius 1 is 1.42 bits per heavy atom. The molecule has 1 N–H and O–H groups in total. The number of hydrogen-bond acceptors (Lipinski definition) is 4. The fourth-order valence-electron chi connectivity index (χ4n) is 4.03. The summed E-state index contributed by atoms with van der Waals surface area (Å²) in [5, 5.41) is 10.1. The summed E-state index contributed by atoms with van der Waals surface area (Å²) in [5.74, 6) is 1.59. The van der Waals surface area contributed by atoms with Gasteiger partial charge in [-0.1, -0.05) is 0 Å². The minimum atomic E-state index is 0.557. The van der Waals surface area contributed by atoms with Gasteiger partial charge < -0.3 is 10.2 Å². The van der Waals surface area contributed by atoms with Gasteiger partial charge >= 0.3 is 0 Å². The number of nitrogens with zero attached hydrogens (tertiary/aromatic N) is 5. The summed E-state index contributed by atoms with van der Waals surface area (Å²) in [6, 6.07) is 2.28. The number of thiophene rings is 1. The molecule has 0 aliphatic carbocycles. The van der Waals surface area contributed by atoms with Crippen LogP contribution in [0.3, 0.4) is 0 Å². The Bertz CT molecular complexity index is 764. The summed E-state index contributed by atoms with van der Waals surface area (Å²) in [6.45, 7) is 6.34. The quantitative estimate of drug-likeness (QED) is 0.658. The molecule has 1 atom stereocenters. The number of nitrogens with one attached hydrogen (secondary N) is 1. The van der Waals surface area contributed by atoms with E-state index in [-0.39, 0.29) is 0 Å². The van der Waals surface area contributed by atoms with E-state index in [0.29, 0.717) is 5.92 Å². The predicted octanol–water partition coefficient (Wildman–Crippen LogP) is 1.90. The maximum Gasteiger partial charge on any atom is 0.193 e. The van der Waals surface area contributed by atoms with Gasteiger partial charge in [-0.2, -0.15) is 5.10 Å². The molecule has 7 heteroatoms. The molecule has 0 spiro atoms. The van der Waals surface area contributed by atoms with Crippen LogP contribution >= 0.6 is 11.3 Å². The van der Waals surface area contributed by atoms with E-state index in [0.717, 1.165) is 38.7 Å². The van der Waals surface area contributed by atoms with Crippen LogP contribution in [0.25, 0.3) is 0 Å². The fraction of sp³-hybridized carbons (Fsp3) is 0.579. The average Bonchev–Trinajstić information content (AvgIpc) is 3.38. The second kappa shape index (κ2) is 7.80. The molecule has 26 heavy (non-hydrogen) atoms. The lowest BCUT2D eigenvalue weighted by Crippen LogP contribution is -2.43. The van der Waals surface area contributed by atoms with Gasteiger partial charge in [-0.05, 0) is 35.4 Å². The first-order chi connectivity index (χ1) is 12.7. The Balaban J connectivity index is 1.25. The lowest BCUT2D eigenvalue weighted by molar-refractivity contribution is 0.259. The Kier molecular flexibility index (Phi) is 5.26. The van der Waals surface area contributed by atoms with Gasteiger partial charge in [0.25, 0.3) is 0 Å². The van der Waals surface area contributed by atoms with E-state index >= 15 is 0 Å². The molecule has 2 aromatic rings. The maximum atomic E-state index is 4.51. The van der Waals surface area contributed by atoms with Crippen molar-refractivity contribution in [2.24, 2.45) is 12.0 Å². The molecule has 0 bridgehead atoms. The predicted molar refractivity (Wildman–Crippen MR) is 107 cm³/mol. The molecule has 0 radical (unpaired) electrons. The molecule has 1 saturated heterocycles. The van der Waals surface area contributed by atoms with Crippen molar-refractivity contribution >= 4 is 17.3 Å². The number of hydrogen-bond donors (Lipinski definition) is 1. The van der Waals surface area contributed by atoms with Crippen LogP contribution in [0.2, 0.25) is 0 Å². The SMILES string of the molecule is CN=C(NCCN1CCc2sccc2C1)N1CCC(c2cnn(C)c2)C1. The molecule has 2 aliphatic rings. The Morgan fingerprint density at radius 2 is 2.35 bits per heavy atom. The maximum absolute atomic E-state index is 4.51. The first kappa shape index (κ1) is 17.5. The van der Waals surface area contributed by atoms with Crippen LogP contribution in [0, 0.1) is 0 Å². The number of aryl methyl sites for hydroxylation is 1. The average molecular weight is 373 g/mol. The van der Waals surface area contributed by atoms with Gasteiger partial charge in [0, 0.05) is 70.4 Å². The fourth-order valence-corrected chi connectivity index (χ4v) is 4.92. The van der Waals surface area contributed by atoms with Gasteiger partial charge in [0.1, 0.15) is 0 Å². The van der Waals surface area contributed by atoms with Crippen LogP contribution in [-0.4, -0.2) is 65.3 Å². The zero-order valence-electron chi connectivity index (χ0n) is 15.7. The minimum absolute atomic E-state index is 0.557. The van der Waals surface area contributed by atoms with Crippen molar-refractivity contribution in [2.75, 3.05) is 39.8 Å². The van der Waals surface area contributed by atoms with E-state index in [2.05, 4.69) is 42.9 Å². The van der Waals surface area contributed by atoms with E-state index in [1.54, 1.807) is 4.88 Å². The number of likely N-dealkylation sites (tertiary alicyclic amines) is 1. The standard InChI is InChI=1S/C19H28N6S/c1-20-19(25-8-3-15(14-25)17-11-22-23(2)12-17)21-6-9-24-7-4-18-16(13-24)5-10-26-18/h5,10-12,15H,3-4,6-9,13-14H2,1-2H3,(H,20,21). The minimum Gasteiger partial charge on any atom is -0.355 e. The zero-order chi connectivity index (χ0) is 17.9. The molecule has 2 aliphatic heterocycles. The third kappa shape index (κ3) is 3.78. The molecule has 2 aromatic heterocycles. The molecular weight excluding hydrogens is 344 g/mol. The Hall–Kier alpha value is -1.86. The van der Waals surface area contributed by atoms with Crippen molar-refractivity contribution in [3.8, 4) is 0 Å². The van der Waals surface area contributed by atoms with Crippen molar-refractivity contribution in [3.05, 3.63) is 39.8 Å². The highest BCUT2D eigenvalue weighted by Gasteiger charge is 2.27. The molecule has 1 fully saturated rings. The number of aromatic nitrogens is 2. The molecule has 0 saturated carbocycles. The summed E-state index contributed by atoms with van der Waals surface area (Å²) in [6.07, 6.45) is 6.50. The molecule has 4 heterocycles. The van der Waals surface area contributed by atoms with Crippen molar-refractivity contribution < 1.29 is 0 Å². The first-order valence-electron chi connectivity index (χ1n) is 9.44. The van der Waals surface area contributed by atoms with Gasteiger partial charge in [-0.3, -0.25) is 14.6 Å². The van der Waals surface area contributed by atoms with Crippen molar-refractivity contribution in [1.29, 1.82) is 0 Å². The van der Waals surface area contributed by atoms with E-state index in [1.807, 2.05) is 36.3 Å². The summed E-state index contributed by atoms with van der Waals surface area (Å²) < 4.78 is 1.89. The van der Waals surface area contributed by atoms with Crippen LogP contribution in [0.4, 0.5) is 0 Å². The van der Waals surface area contributed by atoms with Crippen molar-refractivity contribution in [1.82, 2.24) is 24.9 Å². The van der Waals surface area contributed by atoms with Gasteiger partial charge in [0.15, 0.2) is 5.96 Å². The highest BCUT2D eigenvalue weighted by molar-refractivity contribution is 7.10. The molecule has 1 unspecified atom stereocenters. The van der Waals surface area contributed by atoms with E-state index in [1.165, 1.54) is 30.5 Å². The lowest BCUT2D eigenvalue weighted by atomic mass is 10.0. The Labute approximate surface area is 159 Å². The molecule has 4 rings (SSSR count). The van der Waals surface area contributed by atoms with Gasteiger partial charge in [0.05, 0.1) is 6.20 Å². The highest BCUT2D eigenvalue weighted by atomic mass is 32.1. The largest absolute Gasteiger partial charge is 0.355 e. The second-order valence-corrected chi connectivity index (χ2v) is 8.25. The van der Waals surface area contributed by atoms with Crippen LogP contribution < -0.4 is 5.32 Å². The Morgan fingerprint density at radius 3 is 3.15 bits per heavy atom. The van der Waals surface area contributed by atoms with E-state index < -0.39 is 0 Å². The summed E-state index contributed by atoms with van der Waals surface area (Å²) in [7, 11) is 3.87. The zero-order valence-corrected chi connectivity index (χ0v) is 16.5. The summed E-state index contributed by atoms with van der Waals surface area (Å²) in [5.41, 5.74) is 2.86. The number of guanidine groups is 1.